The Labute approximate surface area is 105 Å². The number of nitrogens with zero attached hydrogens (tertiary/aromatic N) is 1. The monoisotopic (exact) mass is 241 g/mol. The van der Waals surface area contributed by atoms with E-state index in [1.165, 1.54) is 0 Å². The summed E-state index contributed by atoms with van der Waals surface area (Å²) >= 11 is 0. The summed E-state index contributed by atoms with van der Waals surface area (Å²) in [4.78, 5) is 12.4. The smallest absolute Gasteiger partial charge is 0.262 e. The highest BCUT2D eigenvalue weighted by Crippen LogP contribution is 2.28. The molecule has 2 heterocycles. The number of aryl methyl sites for hydroxylation is 1. The molecule has 0 spiro atoms. The van der Waals surface area contributed by atoms with E-state index in [4.69, 9.17) is 0 Å². The summed E-state index contributed by atoms with van der Waals surface area (Å²) in [7, 11) is 0. The fourth-order valence-corrected chi connectivity index (χ4v) is 2.59. The molecule has 1 aliphatic rings. The predicted molar refractivity (Wildman–Crippen MR) is 70.7 cm³/mol. The van der Waals surface area contributed by atoms with Crippen molar-refractivity contribution in [2.24, 2.45) is 0 Å². The molecule has 3 nitrogen and oxygen atoms in total. The van der Waals surface area contributed by atoms with Crippen LogP contribution in [0, 0.1) is 0 Å². The lowest BCUT2D eigenvalue weighted by Gasteiger charge is -2.20. The third-order valence-electron chi connectivity index (χ3n) is 3.49. The third-order valence-corrected chi connectivity index (χ3v) is 3.49. The molecule has 3 rings (SSSR count). The second-order valence-corrected chi connectivity index (χ2v) is 4.68. The minimum Gasteiger partial charge on any atom is -0.507 e. The molecule has 3 heteroatoms. The van der Waals surface area contributed by atoms with Gasteiger partial charge >= 0.3 is 0 Å². The minimum absolute atomic E-state index is 0.0732. The molecule has 0 amide bonds. The number of fused-ring (bicyclic) bond motifs is 1. The molecule has 1 N–H and O–H groups in total. The molecule has 0 atom stereocenters. The van der Waals surface area contributed by atoms with Gasteiger partial charge in [0, 0.05) is 18.3 Å². The molecule has 0 radical (unpaired) electrons. The Bertz CT molecular complexity index is 629. The molecule has 0 bridgehead atoms. The van der Waals surface area contributed by atoms with Crippen molar-refractivity contribution in [3.63, 3.8) is 0 Å². The normalized spacial score (nSPS) is 14.2. The first kappa shape index (κ1) is 11.1. The van der Waals surface area contributed by atoms with Crippen LogP contribution in [0.4, 0.5) is 0 Å². The number of pyridine rings is 1. The van der Waals surface area contributed by atoms with E-state index in [2.05, 4.69) is 0 Å². The van der Waals surface area contributed by atoms with Crippen molar-refractivity contribution in [2.45, 2.75) is 25.8 Å². The fraction of sp³-hybridized carbons (Fsp3) is 0.267. The summed E-state index contributed by atoms with van der Waals surface area (Å²) in [5.41, 5.74) is 2.07. The van der Waals surface area contributed by atoms with Crippen LogP contribution >= 0.6 is 0 Å². The summed E-state index contributed by atoms with van der Waals surface area (Å²) < 4.78 is 1.80. The molecule has 1 aromatic heterocycles. The Morgan fingerprint density at radius 1 is 1.11 bits per heavy atom. The van der Waals surface area contributed by atoms with Crippen LogP contribution < -0.4 is 5.56 Å². The quantitative estimate of drug-likeness (QED) is 0.833. The van der Waals surface area contributed by atoms with E-state index in [0.29, 0.717) is 5.56 Å². The van der Waals surface area contributed by atoms with Gasteiger partial charge in [-0.2, -0.15) is 0 Å². The average molecular weight is 241 g/mol. The standard InChI is InChI=1S/C15H15NO2/c17-13-10-12-8-4-5-9-16(12)15(18)14(13)11-6-2-1-3-7-11/h1-3,6-7,10,17H,4-5,8-9H2. The van der Waals surface area contributed by atoms with Gasteiger partial charge in [-0.1, -0.05) is 30.3 Å². The van der Waals surface area contributed by atoms with Crippen LogP contribution in [0.5, 0.6) is 5.75 Å². The maximum absolute atomic E-state index is 12.4. The molecule has 0 unspecified atom stereocenters. The minimum atomic E-state index is -0.0732. The summed E-state index contributed by atoms with van der Waals surface area (Å²) in [5, 5.41) is 10.1. The lowest BCUT2D eigenvalue weighted by Crippen LogP contribution is -2.27. The SMILES string of the molecule is O=c1c(-c2ccccc2)c(O)cc2n1CCCC2. The van der Waals surface area contributed by atoms with Crippen LogP contribution in [0.1, 0.15) is 18.5 Å². The highest BCUT2D eigenvalue weighted by molar-refractivity contribution is 5.69. The maximum atomic E-state index is 12.4. The Morgan fingerprint density at radius 2 is 1.89 bits per heavy atom. The zero-order chi connectivity index (χ0) is 12.5. The van der Waals surface area contributed by atoms with Gasteiger partial charge in [0.25, 0.3) is 5.56 Å². The maximum Gasteiger partial charge on any atom is 0.262 e. The summed E-state index contributed by atoms with van der Waals surface area (Å²) in [6, 6.07) is 11.1. The lowest BCUT2D eigenvalue weighted by molar-refractivity contribution is 0.459. The van der Waals surface area contributed by atoms with Crippen molar-refractivity contribution in [1.29, 1.82) is 0 Å². The number of benzene rings is 1. The van der Waals surface area contributed by atoms with Crippen molar-refractivity contribution >= 4 is 0 Å². The van der Waals surface area contributed by atoms with E-state index in [9.17, 15) is 9.90 Å². The van der Waals surface area contributed by atoms with Crippen LogP contribution in [-0.4, -0.2) is 9.67 Å². The number of aromatic nitrogens is 1. The molecule has 2 aromatic rings. The van der Waals surface area contributed by atoms with Crippen molar-refractivity contribution in [2.75, 3.05) is 0 Å². The zero-order valence-corrected chi connectivity index (χ0v) is 10.1. The van der Waals surface area contributed by atoms with E-state index in [0.717, 1.165) is 37.1 Å². The van der Waals surface area contributed by atoms with Crippen LogP contribution in [0.25, 0.3) is 11.1 Å². The van der Waals surface area contributed by atoms with Gasteiger partial charge in [0.2, 0.25) is 0 Å². The highest BCUT2D eigenvalue weighted by Gasteiger charge is 2.17. The van der Waals surface area contributed by atoms with Gasteiger partial charge in [-0.3, -0.25) is 4.79 Å². The topological polar surface area (TPSA) is 42.2 Å². The highest BCUT2D eigenvalue weighted by atomic mass is 16.3. The second kappa shape index (κ2) is 4.33. The Morgan fingerprint density at radius 3 is 2.67 bits per heavy atom. The molecule has 0 saturated heterocycles. The van der Waals surface area contributed by atoms with Crippen molar-refractivity contribution < 1.29 is 5.11 Å². The largest absolute Gasteiger partial charge is 0.507 e. The van der Waals surface area contributed by atoms with Crippen LogP contribution in [0.15, 0.2) is 41.2 Å². The second-order valence-electron chi connectivity index (χ2n) is 4.68. The first-order valence-electron chi connectivity index (χ1n) is 6.28. The molecule has 1 aromatic carbocycles. The summed E-state index contributed by atoms with van der Waals surface area (Å²) in [6.45, 7) is 0.758. The van der Waals surface area contributed by atoms with E-state index in [1.54, 1.807) is 10.6 Å². The van der Waals surface area contributed by atoms with E-state index in [1.807, 2.05) is 30.3 Å². The van der Waals surface area contributed by atoms with Gasteiger partial charge in [0.15, 0.2) is 0 Å². The summed E-state index contributed by atoms with van der Waals surface area (Å²) in [5.74, 6) is 0.0966. The van der Waals surface area contributed by atoms with Gasteiger partial charge in [0.05, 0.1) is 5.56 Å². The van der Waals surface area contributed by atoms with Crippen LogP contribution in [0.2, 0.25) is 0 Å². The van der Waals surface area contributed by atoms with Gasteiger partial charge < -0.3 is 9.67 Å². The molecule has 0 saturated carbocycles. The number of rotatable bonds is 1. The summed E-state index contributed by atoms with van der Waals surface area (Å²) in [6.07, 6.45) is 2.99. The van der Waals surface area contributed by atoms with Gasteiger partial charge in [-0.15, -0.1) is 0 Å². The molecule has 0 aliphatic carbocycles. The first-order chi connectivity index (χ1) is 8.77. The molecule has 0 fully saturated rings. The third kappa shape index (κ3) is 1.72. The fourth-order valence-electron chi connectivity index (χ4n) is 2.59. The van der Waals surface area contributed by atoms with E-state index < -0.39 is 0 Å². The molecule has 18 heavy (non-hydrogen) atoms. The lowest BCUT2D eigenvalue weighted by atomic mass is 10.0. The Balaban J connectivity index is 2.25. The zero-order valence-electron chi connectivity index (χ0n) is 10.1. The number of hydrogen-bond donors (Lipinski definition) is 1. The molecular weight excluding hydrogens is 226 g/mol. The van der Waals surface area contributed by atoms with E-state index in [-0.39, 0.29) is 11.3 Å². The van der Waals surface area contributed by atoms with Crippen molar-refractivity contribution in [3.8, 4) is 16.9 Å². The van der Waals surface area contributed by atoms with Crippen LogP contribution in [-0.2, 0) is 13.0 Å². The Kier molecular flexibility index (Phi) is 2.67. The van der Waals surface area contributed by atoms with Gasteiger partial charge in [0.1, 0.15) is 5.75 Å². The van der Waals surface area contributed by atoms with Crippen LogP contribution in [0.3, 0.4) is 0 Å². The molecule has 92 valence electrons. The Hall–Kier alpha value is -2.03. The molecular formula is C15H15NO2. The van der Waals surface area contributed by atoms with Gasteiger partial charge in [-0.05, 0) is 24.8 Å². The van der Waals surface area contributed by atoms with E-state index >= 15 is 0 Å². The number of hydrogen-bond acceptors (Lipinski definition) is 2. The van der Waals surface area contributed by atoms with Crippen molar-refractivity contribution in [1.82, 2.24) is 4.57 Å². The predicted octanol–water partition coefficient (Wildman–Crippen LogP) is 2.56. The first-order valence-corrected chi connectivity index (χ1v) is 6.28. The molecule has 1 aliphatic heterocycles. The average Bonchev–Trinajstić information content (AvgIpc) is 2.40. The van der Waals surface area contributed by atoms with Gasteiger partial charge in [-0.25, -0.2) is 0 Å². The number of aromatic hydroxyl groups is 1. The van der Waals surface area contributed by atoms with Crippen molar-refractivity contribution in [3.05, 3.63) is 52.4 Å².